The minimum atomic E-state index is -3.16. The van der Waals surface area contributed by atoms with Crippen molar-refractivity contribution in [3.8, 4) is 0 Å². The molecule has 4 rings (SSSR count). The molecule has 1 saturated heterocycles. The van der Waals surface area contributed by atoms with Crippen LogP contribution in [0.2, 0.25) is 0 Å². The fraction of sp³-hybridized carbons (Fsp3) is 0.400. The van der Waals surface area contributed by atoms with E-state index in [0.29, 0.717) is 13.0 Å². The third kappa shape index (κ3) is 4.18. The molecule has 3 heterocycles. The molecule has 0 radical (unpaired) electrons. The van der Waals surface area contributed by atoms with Crippen LogP contribution in [0.4, 0.5) is 0 Å². The molecule has 1 amide bonds. The van der Waals surface area contributed by atoms with Crippen molar-refractivity contribution in [1.29, 1.82) is 0 Å². The average Bonchev–Trinajstić information content (AvgIpc) is 3.32. The molecule has 11 heteroatoms. The predicted octanol–water partition coefficient (Wildman–Crippen LogP) is -0.269. The van der Waals surface area contributed by atoms with Crippen LogP contribution in [0.25, 0.3) is 11.2 Å². The van der Waals surface area contributed by atoms with E-state index in [-0.39, 0.29) is 29.2 Å². The minimum Gasteiger partial charge on any atom is -0.351 e. The number of carbonyl (C=O) groups excluding carboxylic acids is 1. The highest BCUT2D eigenvalue weighted by Crippen LogP contribution is 2.12. The fourth-order valence-corrected chi connectivity index (χ4v) is 5.53. The molecule has 1 fully saturated rings. The lowest BCUT2D eigenvalue weighted by Gasteiger charge is -2.14. The van der Waals surface area contributed by atoms with Crippen LogP contribution in [0, 0.1) is 0 Å². The Morgan fingerprint density at radius 1 is 1.19 bits per heavy atom. The van der Waals surface area contributed by atoms with Gasteiger partial charge in [0, 0.05) is 12.6 Å². The molecule has 10 nitrogen and oxygen atoms in total. The lowest BCUT2D eigenvalue weighted by atomic mass is 10.2. The number of hydrogen-bond donors (Lipinski definition) is 1. The van der Waals surface area contributed by atoms with Crippen LogP contribution < -0.4 is 16.6 Å². The fourth-order valence-electron chi connectivity index (χ4n) is 3.85. The molecule has 0 saturated carbocycles. The normalized spacial score (nSPS) is 17.8. The molecule has 1 aliphatic heterocycles. The number of rotatable bonds is 6. The molecule has 1 N–H and O–H groups in total. The molecular weight excluding hydrogens is 422 g/mol. The van der Waals surface area contributed by atoms with Gasteiger partial charge in [0.2, 0.25) is 5.91 Å². The number of nitrogens with one attached hydrogen (secondary N) is 1. The molecule has 0 bridgehead atoms. The maximum atomic E-state index is 13.2. The van der Waals surface area contributed by atoms with Crippen LogP contribution in [0.15, 0.2) is 46.2 Å². The van der Waals surface area contributed by atoms with Crippen LogP contribution in [-0.4, -0.2) is 50.6 Å². The molecule has 1 unspecified atom stereocenters. The summed E-state index contributed by atoms with van der Waals surface area (Å²) in [6, 6.07) is 8.77. The van der Waals surface area contributed by atoms with Crippen LogP contribution >= 0.6 is 0 Å². The van der Waals surface area contributed by atoms with Crippen LogP contribution in [0.3, 0.4) is 0 Å². The molecule has 164 valence electrons. The quantitative estimate of drug-likeness (QED) is 0.557. The summed E-state index contributed by atoms with van der Waals surface area (Å²) in [6.07, 6.45) is 1.82. The van der Waals surface area contributed by atoms with Crippen molar-refractivity contribution < 1.29 is 13.2 Å². The summed E-state index contributed by atoms with van der Waals surface area (Å²) in [6.45, 7) is 2.03. The topological polar surface area (TPSA) is 125 Å². The summed E-state index contributed by atoms with van der Waals surface area (Å²) in [4.78, 5) is 43.1. The van der Waals surface area contributed by atoms with E-state index in [9.17, 15) is 22.8 Å². The highest BCUT2D eigenvalue weighted by molar-refractivity contribution is 7.91. The first-order valence-corrected chi connectivity index (χ1v) is 11.8. The van der Waals surface area contributed by atoms with Gasteiger partial charge in [0.15, 0.2) is 21.0 Å². The maximum absolute atomic E-state index is 13.2. The van der Waals surface area contributed by atoms with Crippen molar-refractivity contribution in [2.75, 3.05) is 11.5 Å². The number of aromatic nitrogens is 4. The van der Waals surface area contributed by atoms with E-state index in [1.54, 1.807) is 4.57 Å². The zero-order valence-electron chi connectivity index (χ0n) is 17.0. The van der Waals surface area contributed by atoms with Crippen LogP contribution in [-0.2, 0) is 34.3 Å². The lowest BCUT2D eigenvalue weighted by molar-refractivity contribution is -0.122. The Hall–Kier alpha value is -3.21. The van der Waals surface area contributed by atoms with Gasteiger partial charge in [0.1, 0.15) is 6.54 Å². The highest BCUT2D eigenvalue weighted by Gasteiger charge is 2.29. The van der Waals surface area contributed by atoms with Gasteiger partial charge in [-0.05, 0) is 18.9 Å². The number of sulfone groups is 1. The molecule has 31 heavy (non-hydrogen) atoms. The number of benzene rings is 1. The molecule has 3 aromatic rings. The second kappa shape index (κ2) is 8.14. The molecule has 0 aliphatic carbocycles. The first-order valence-electron chi connectivity index (χ1n) is 10.0. The Morgan fingerprint density at radius 3 is 2.58 bits per heavy atom. The van der Waals surface area contributed by atoms with Crippen molar-refractivity contribution in [2.45, 2.75) is 39.0 Å². The lowest BCUT2D eigenvalue weighted by Crippen LogP contribution is -2.46. The predicted molar refractivity (Wildman–Crippen MR) is 115 cm³/mol. The molecule has 0 spiro atoms. The second-order valence-corrected chi connectivity index (χ2v) is 9.84. The molecular formula is C20H23N5O5S. The highest BCUT2D eigenvalue weighted by atomic mass is 32.2. The van der Waals surface area contributed by atoms with Gasteiger partial charge in [-0.1, -0.05) is 30.3 Å². The van der Waals surface area contributed by atoms with Crippen LogP contribution in [0.1, 0.15) is 18.9 Å². The van der Waals surface area contributed by atoms with Crippen molar-refractivity contribution in [1.82, 2.24) is 24.0 Å². The standard InChI is InChI=1S/C20H23N5O5S/c1-2-23-13-21-18-17(23)19(27)25(11-16(26)22-15-8-9-31(29,30)12-15)20(28)24(18)10-14-6-4-3-5-7-14/h3-7,13,15H,2,8-12H2,1H3,(H,22,26). The van der Waals surface area contributed by atoms with E-state index >= 15 is 0 Å². The summed E-state index contributed by atoms with van der Waals surface area (Å²) in [5.74, 6) is -0.689. The smallest absolute Gasteiger partial charge is 0.333 e. The van der Waals surface area contributed by atoms with Crippen molar-refractivity contribution >= 4 is 26.9 Å². The molecule has 1 aromatic carbocycles. The van der Waals surface area contributed by atoms with E-state index in [4.69, 9.17) is 0 Å². The summed E-state index contributed by atoms with van der Waals surface area (Å²) in [7, 11) is -3.16. The van der Waals surface area contributed by atoms with Gasteiger partial charge in [-0.2, -0.15) is 0 Å². The number of amides is 1. The Bertz CT molecular complexity index is 1350. The zero-order chi connectivity index (χ0) is 22.2. The summed E-state index contributed by atoms with van der Waals surface area (Å²) >= 11 is 0. The number of imidazole rings is 1. The summed E-state index contributed by atoms with van der Waals surface area (Å²) in [5.41, 5.74) is 0.117. The van der Waals surface area contributed by atoms with Gasteiger partial charge in [0.25, 0.3) is 5.56 Å². The van der Waals surface area contributed by atoms with Gasteiger partial charge in [-0.3, -0.25) is 14.2 Å². The number of hydrogen-bond acceptors (Lipinski definition) is 6. The third-order valence-corrected chi connectivity index (χ3v) is 7.18. The van der Waals surface area contributed by atoms with Gasteiger partial charge in [0.05, 0.1) is 24.4 Å². The van der Waals surface area contributed by atoms with Gasteiger partial charge in [-0.15, -0.1) is 0 Å². The third-order valence-electron chi connectivity index (χ3n) is 5.41. The number of fused-ring (bicyclic) bond motifs is 1. The maximum Gasteiger partial charge on any atom is 0.333 e. The number of nitrogens with zero attached hydrogens (tertiary/aromatic N) is 4. The van der Waals surface area contributed by atoms with Gasteiger partial charge >= 0.3 is 5.69 Å². The summed E-state index contributed by atoms with van der Waals surface area (Å²) in [5, 5.41) is 2.63. The first-order chi connectivity index (χ1) is 14.8. The van der Waals surface area contributed by atoms with E-state index in [1.165, 1.54) is 10.9 Å². The van der Waals surface area contributed by atoms with E-state index in [2.05, 4.69) is 10.3 Å². The van der Waals surface area contributed by atoms with E-state index in [0.717, 1.165) is 10.1 Å². The number of carbonyl (C=O) groups is 1. The monoisotopic (exact) mass is 445 g/mol. The van der Waals surface area contributed by atoms with Crippen LogP contribution in [0.5, 0.6) is 0 Å². The second-order valence-electron chi connectivity index (χ2n) is 7.62. The molecule has 2 aromatic heterocycles. The first kappa shape index (κ1) is 21.0. The summed E-state index contributed by atoms with van der Waals surface area (Å²) < 4.78 is 27.2. The molecule has 1 atom stereocenters. The van der Waals surface area contributed by atoms with Gasteiger partial charge in [-0.25, -0.2) is 22.8 Å². The Labute approximate surface area is 178 Å². The zero-order valence-corrected chi connectivity index (χ0v) is 17.8. The van der Waals surface area contributed by atoms with E-state index in [1.807, 2.05) is 37.3 Å². The Morgan fingerprint density at radius 2 is 1.94 bits per heavy atom. The van der Waals surface area contributed by atoms with E-state index < -0.39 is 39.6 Å². The molecule has 1 aliphatic rings. The largest absolute Gasteiger partial charge is 0.351 e. The van der Waals surface area contributed by atoms with Crippen molar-refractivity contribution in [3.05, 3.63) is 63.1 Å². The SMILES string of the molecule is CCn1cnc2c1c(=O)n(CC(=O)NC1CCS(=O)(=O)C1)c(=O)n2Cc1ccccc1. The minimum absolute atomic E-state index is 0.0173. The Kier molecular flexibility index (Phi) is 5.52. The van der Waals surface area contributed by atoms with Gasteiger partial charge < -0.3 is 9.88 Å². The Balaban J connectivity index is 1.73. The van der Waals surface area contributed by atoms with Crippen molar-refractivity contribution in [2.24, 2.45) is 0 Å². The van der Waals surface area contributed by atoms with Crippen molar-refractivity contribution in [3.63, 3.8) is 0 Å². The number of aryl methyl sites for hydroxylation is 1. The average molecular weight is 446 g/mol.